The molecule has 0 aliphatic heterocycles. The number of thiophene rings is 1. The molecule has 0 spiro atoms. The maximum Gasteiger partial charge on any atom is 0.318 e. The molecule has 3 N–H and O–H groups in total. The van der Waals surface area contributed by atoms with Crippen molar-refractivity contribution in [3.63, 3.8) is 0 Å². The van der Waals surface area contributed by atoms with Crippen LogP contribution < -0.4 is 16.6 Å². The predicted molar refractivity (Wildman–Crippen MR) is 113 cm³/mol. The maximum atomic E-state index is 13.2. The molecular weight excluding hydrogens is 396 g/mol. The molecule has 9 heteroatoms. The van der Waals surface area contributed by atoms with Crippen LogP contribution in [0.1, 0.15) is 44.6 Å². The van der Waals surface area contributed by atoms with Crippen molar-refractivity contribution in [2.24, 2.45) is 17.6 Å². The summed E-state index contributed by atoms with van der Waals surface area (Å²) < 4.78 is 1.63. The molecule has 28 heavy (non-hydrogen) atoms. The summed E-state index contributed by atoms with van der Waals surface area (Å²) in [5.74, 6) is 0.0778. The normalized spacial score (nSPS) is 17.5. The molecule has 152 valence electrons. The van der Waals surface area contributed by atoms with Gasteiger partial charge in [0.05, 0.1) is 10.6 Å². The number of carbonyl (C=O) groups is 2. The summed E-state index contributed by atoms with van der Waals surface area (Å²) in [6, 6.07) is -0.882. The second kappa shape index (κ2) is 8.24. The van der Waals surface area contributed by atoms with Crippen LogP contribution in [0, 0.1) is 11.8 Å². The lowest BCUT2D eigenvalue weighted by Gasteiger charge is -2.20. The zero-order chi connectivity index (χ0) is 20.6. The van der Waals surface area contributed by atoms with Gasteiger partial charge in [0.25, 0.3) is 5.56 Å². The number of rotatable bonds is 5. The van der Waals surface area contributed by atoms with Crippen molar-refractivity contribution in [2.75, 3.05) is 0 Å². The summed E-state index contributed by atoms with van der Waals surface area (Å²) in [6.45, 7) is 8.37. The van der Waals surface area contributed by atoms with E-state index in [0.717, 1.165) is 35.0 Å². The molecule has 0 radical (unpaired) electrons. The summed E-state index contributed by atoms with van der Waals surface area (Å²) in [5, 5.41) is 2.81. The fourth-order valence-electron chi connectivity index (χ4n) is 3.57. The summed E-state index contributed by atoms with van der Waals surface area (Å²) in [6.07, 6.45) is 2.99. The van der Waals surface area contributed by atoms with Gasteiger partial charge in [0.15, 0.2) is 5.16 Å². The number of imide groups is 1. The lowest BCUT2D eigenvalue weighted by Crippen LogP contribution is -2.42. The van der Waals surface area contributed by atoms with Crippen molar-refractivity contribution in [1.29, 1.82) is 0 Å². The Balaban J connectivity index is 2.06. The van der Waals surface area contributed by atoms with Crippen LogP contribution in [0.3, 0.4) is 0 Å². The monoisotopic (exact) mass is 422 g/mol. The molecule has 0 bridgehead atoms. The smallest absolute Gasteiger partial charge is 0.318 e. The number of nitrogens with one attached hydrogen (secondary N) is 1. The molecule has 0 unspecified atom stereocenters. The Kier molecular flexibility index (Phi) is 6.14. The van der Waals surface area contributed by atoms with Crippen molar-refractivity contribution in [3.05, 3.63) is 20.8 Å². The van der Waals surface area contributed by atoms with Crippen molar-refractivity contribution < 1.29 is 9.59 Å². The number of hydrogen-bond donors (Lipinski definition) is 2. The number of thioether (sulfide) groups is 1. The third-order valence-electron chi connectivity index (χ3n) is 5.04. The molecule has 0 saturated heterocycles. The van der Waals surface area contributed by atoms with E-state index in [0.29, 0.717) is 17.6 Å². The molecule has 2 heterocycles. The molecule has 0 fully saturated rings. The molecule has 1 aliphatic rings. The number of nitrogens with zero attached hydrogens (tertiary/aromatic N) is 2. The quantitative estimate of drug-likeness (QED) is 0.569. The highest BCUT2D eigenvalue weighted by Gasteiger charge is 2.29. The molecule has 0 aromatic carbocycles. The number of primary amides is 1. The van der Waals surface area contributed by atoms with E-state index < -0.39 is 17.2 Å². The fraction of sp³-hybridized carbons (Fsp3) is 0.579. The first-order valence-corrected chi connectivity index (χ1v) is 11.2. The maximum absolute atomic E-state index is 13.2. The lowest BCUT2D eigenvalue weighted by atomic mass is 9.89. The van der Waals surface area contributed by atoms with E-state index in [4.69, 9.17) is 10.7 Å². The number of aromatic nitrogens is 2. The molecule has 2 aromatic heterocycles. The SMILES string of the molecule is CCn1c(S[C@@H](C(=O)NC(N)=O)C(C)C)nc2sc3c(c2c1=O)CC[C@H](C)C3. The van der Waals surface area contributed by atoms with Gasteiger partial charge in [0.2, 0.25) is 5.91 Å². The fourth-order valence-corrected chi connectivity index (χ4v) is 6.15. The van der Waals surface area contributed by atoms with Gasteiger partial charge >= 0.3 is 6.03 Å². The van der Waals surface area contributed by atoms with E-state index >= 15 is 0 Å². The third-order valence-corrected chi connectivity index (χ3v) is 7.72. The highest BCUT2D eigenvalue weighted by molar-refractivity contribution is 8.00. The van der Waals surface area contributed by atoms with Crippen LogP contribution in [-0.2, 0) is 24.2 Å². The van der Waals surface area contributed by atoms with Crippen molar-refractivity contribution in [1.82, 2.24) is 14.9 Å². The van der Waals surface area contributed by atoms with Crippen LogP contribution in [-0.4, -0.2) is 26.7 Å². The standard InChI is InChI=1S/C19H26N4O3S2/c1-5-23-17(25)13-11-7-6-10(4)8-12(11)27-16(13)22-19(23)28-14(9(2)3)15(24)21-18(20)26/h9-10,14H,5-8H2,1-4H3,(H3,20,21,24,26)/t10-,14+/m0/s1. The number of aryl methyl sites for hydroxylation is 1. The number of carbonyl (C=O) groups excluding carboxylic acids is 2. The molecule has 0 saturated carbocycles. The Labute approximate surface area is 172 Å². The van der Waals surface area contributed by atoms with Crippen LogP contribution in [0.4, 0.5) is 4.79 Å². The molecule has 2 aromatic rings. The van der Waals surface area contributed by atoms with Crippen LogP contribution in [0.15, 0.2) is 9.95 Å². The van der Waals surface area contributed by atoms with E-state index in [1.54, 1.807) is 15.9 Å². The Morgan fingerprint density at radius 1 is 1.43 bits per heavy atom. The van der Waals surface area contributed by atoms with Gasteiger partial charge in [-0.3, -0.25) is 19.5 Å². The largest absolute Gasteiger partial charge is 0.351 e. The van der Waals surface area contributed by atoms with Gasteiger partial charge in [0.1, 0.15) is 4.83 Å². The highest BCUT2D eigenvalue weighted by atomic mass is 32.2. The van der Waals surface area contributed by atoms with Crippen LogP contribution >= 0.6 is 23.1 Å². The first-order chi connectivity index (χ1) is 13.2. The van der Waals surface area contributed by atoms with E-state index in [1.165, 1.54) is 16.6 Å². The summed E-state index contributed by atoms with van der Waals surface area (Å²) in [5.41, 5.74) is 6.21. The third kappa shape index (κ3) is 3.96. The number of fused-ring (bicyclic) bond motifs is 3. The zero-order valence-electron chi connectivity index (χ0n) is 16.6. The Morgan fingerprint density at radius 3 is 2.75 bits per heavy atom. The predicted octanol–water partition coefficient (Wildman–Crippen LogP) is 2.91. The van der Waals surface area contributed by atoms with Gasteiger partial charge in [-0.1, -0.05) is 32.5 Å². The lowest BCUT2D eigenvalue weighted by molar-refractivity contribution is -0.120. The minimum atomic E-state index is -0.882. The highest BCUT2D eigenvalue weighted by Crippen LogP contribution is 2.37. The first-order valence-electron chi connectivity index (χ1n) is 9.54. The number of nitrogens with two attached hydrogens (primary N) is 1. The average Bonchev–Trinajstić information content (AvgIpc) is 2.96. The molecule has 3 amide bonds. The van der Waals surface area contributed by atoms with Gasteiger partial charge < -0.3 is 5.73 Å². The van der Waals surface area contributed by atoms with Gasteiger partial charge in [-0.2, -0.15) is 0 Å². The van der Waals surface area contributed by atoms with Crippen LogP contribution in [0.25, 0.3) is 10.2 Å². The van der Waals surface area contributed by atoms with Crippen molar-refractivity contribution in [3.8, 4) is 0 Å². The molecule has 2 atom stereocenters. The number of hydrogen-bond acceptors (Lipinski definition) is 6. The Hall–Kier alpha value is -1.87. The summed E-state index contributed by atoms with van der Waals surface area (Å²) in [7, 11) is 0. The van der Waals surface area contributed by atoms with E-state index in [9.17, 15) is 14.4 Å². The summed E-state index contributed by atoms with van der Waals surface area (Å²) >= 11 is 2.81. The first kappa shape index (κ1) is 20.9. The van der Waals surface area contributed by atoms with E-state index in [-0.39, 0.29) is 11.5 Å². The Morgan fingerprint density at radius 2 is 2.14 bits per heavy atom. The molecular formula is C19H26N4O3S2. The van der Waals surface area contributed by atoms with Gasteiger partial charge in [-0.25, -0.2) is 9.78 Å². The topological polar surface area (TPSA) is 107 Å². The minimum absolute atomic E-state index is 0.0418. The van der Waals surface area contributed by atoms with Crippen molar-refractivity contribution in [2.45, 2.75) is 63.9 Å². The Bertz CT molecular complexity index is 980. The van der Waals surface area contributed by atoms with Gasteiger partial charge in [0, 0.05) is 11.4 Å². The van der Waals surface area contributed by atoms with Gasteiger partial charge in [-0.15, -0.1) is 11.3 Å². The molecule has 3 rings (SSSR count). The number of urea groups is 1. The van der Waals surface area contributed by atoms with Crippen LogP contribution in [0.2, 0.25) is 0 Å². The molecule has 7 nitrogen and oxygen atoms in total. The zero-order valence-corrected chi connectivity index (χ0v) is 18.2. The van der Waals surface area contributed by atoms with Crippen molar-refractivity contribution >= 4 is 45.3 Å². The molecule has 1 aliphatic carbocycles. The second-order valence-electron chi connectivity index (χ2n) is 7.61. The van der Waals surface area contributed by atoms with Gasteiger partial charge in [-0.05, 0) is 43.6 Å². The second-order valence-corrected chi connectivity index (χ2v) is 9.80. The minimum Gasteiger partial charge on any atom is -0.351 e. The number of amides is 3. The average molecular weight is 423 g/mol. The van der Waals surface area contributed by atoms with E-state index in [2.05, 4.69) is 12.2 Å². The van der Waals surface area contributed by atoms with Crippen LogP contribution in [0.5, 0.6) is 0 Å². The summed E-state index contributed by atoms with van der Waals surface area (Å²) in [4.78, 5) is 43.5. The van der Waals surface area contributed by atoms with E-state index in [1.807, 2.05) is 20.8 Å².